The maximum atomic E-state index is 11.5. The number of nitrogens with zero attached hydrogens (tertiary/aromatic N) is 2. The zero-order chi connectivity index (χ0) is 14.0. The van der Waals surface area contributed by atoms with Crippen LogP contribution in [0.15, 0.2) is 18.2 Å². The van der Waals surface area contributed by atoms with E-state index in [0.717, 1.165) is 11.3 Å². The summed E-state index contributed by atoms with van der Waals surface area (Å²) in [6, 6.07) is 4.15. The minimum absolute atomic E-state index is 0.0221. The Morgan fingerprint density at radius 1 is 1.47 bits per heavy atom. The van der Waals surface area contributed by atoms with E-state index in [1.54, 1.807) is 0 Å². The number of alkyl halides is 1. The topological polar surface area (TPSA) is 102 Å². The average Bonchev–Trinajstić information content (AvgIpc) is 2.68. The summed E-state index contributed by atoms with van der Waals surface area (Å²) in [5.74, 6) is -0.240. The third-order valence-corrected chi connectivity index (χ3v) is 4.89. The Bertz CT molecular complexity index is 728. The Morgan fingerprint density at radius 2 is 2.21 bits per heavy atom. The molecule has 0 amide bonds. The van der Waals surface area contributed by atoms with E-state index in [2.05, 4.69) is 9.71 Å². The van der Waals surface area contributed by atoms with E-state index >= 15 is 0 Å². The highest BCUT2D eigenvalue weighted by Gasteiger charge is 2.14. The van der Waals surface area contributed by atoms with Crippen molar-refractivity contribution in [2.45, 2.75) is 0 Å². The number of sulfonamides is 1. The number of nitro benzene ring substituents is 1. The number of benzene rings is 1. The third-order valence-electron chi connectivity index (χ3n) is 2.17. The molecule has 1 aromatic heterocycles. The lowest BCUT2D eigenvalue weighted by Crippen LogP contribution is -2.17. The first-order valence-corrected chi connectivity index (χ1v) is 8.03. The SMILES string of the molecule is O=[N+]([O-])c1ccc2nc(NS(=O)(=O)CCCl)sc2c1. The van der Waals surface area contributed by atoms with E-state index in [0.29, 0.717) is 10.2 Å². The third kappa shape index (κ3) is 3.31. The number of anilines is 1. The van der Waals surface area contributed by atoms with Gasteiger partial charge in [0.1, 0.15) is 0 Å². The van der Waals surface area contributed by atoms with Gasteiger partial charge in [-0.25, -0.2) is 13.4 Å². The quantitative estimate of drug-likeness (QED) is 0.516. The molecule has 0 fully saturated rings. The van der Waals surface area contributed by atoms with Crippen molar-refractivity contribution in [2.24, 2.45) is 0 Å². The first-order chi connectivity index (χ1) is 8.91. The maximum Gasteiger partial charge on any atom is 0.270 e. The molecule has 0 radical (unpaired) electrons. The molecule has 0 spiro atoms. The van der Waals surface area contributed by atoms with Crippen LogP contribution >= 0.6 is 22.9 Å². The number of aromatic nitrogens is 1. The molecule has 1 heterocycles. The van der Waals surface area contributed by atoms with Gasteiger partial charge in [-0.2, -0.15) is 0 Å². The molecule has 1 N–H and O–H groups in total. The van der Waals surface area contributed by atoms with Gasteiger partial charge >= 0.3 is 0 Å². The second-order valence-corrected chi connectivity index (χ2v) is 6.79. The predicted octanol–water partition coefficient (Wildman–Crippen LogP) is 2.18. The summed E-state index contributed by atoms with van der Waals surface area (Å²) in [6.45, 7) is 0. The van der Waals surface area contributed by atoms with E-state index in [1.807, 2.05) is 0 Å². The molecule has 10 heteroatoms. The molecule has 102 valence electrons. The number of nitrogens with one attached hydrogen (secondary N) is 1. The molecule has 0 saturated heterocycles. The second kappa shape index (κ2) is 5.27. The Morgan fingerprint density at radius 3 is 2.84 bits per heavy atom. The average molecular weight is 322 g/mol. The number of halogens is 1. The number of nitro groups is 1. The molecular weight excluding hydrogens is 314 g/mol. The Kier molecular flexibility index (Phi) is 3.88. The lowest BCUT2D eigenvalue weighted by molar-refractivity contribution is -0.384. The van der Waals surface area contributed by atoms with Crippen molar-refractivity contribution in [1.29, 1.82) is 0 Å². The molecular formula is C9H8ClN3O4S2. The van der Waals surface area contributed by atoms with E-state index in [4.69, 9.17) is 11.6 Å². The predicted molar refractivity (Wildman–Crippen MR) is 74.4 cm³/mol. The van der Waals surface area contributed by atoms with Crippen molar-refractivity contribution in [1.82, 2.24) is 4.98 Å². The molecule has 0 unspecified atom stereocenters. The number of thiazole rings is 1. The van der Waals surface area contributed by atoms with Gasteiger partial charge in [0.2, 0.25) is 10.0 Å². The smallest absolute Gasteiger partial charge is 0.259 e. The van der Waals surface area contributed by atoms with Gasteiger partial charge < -0.3 is 0 Å². The van der Waals surface area contributed by atoms with Crippen LogP contribution in [0.5, 0.6) is 0 Å². The van der Waals surface area contributed by atoms with Crippen LogP contribution in [0.1, 0.15) is 0 Å². The Labute approximate surface area is 117 Å². The molecule has 0 aliphatic heterocycles. The molecule has 0 aliphatic carbocycles. The number of non-ortho nitro benzene ring substituents is 1. The van der Waals surface area contributed by atoms with Crippen LogP contribution in [-0.2, 0) is 10.0 Å². The van der Waals surface area contributed by atoms with Gasteiger partial charge in [-0.05, 0) is 6.07 Å². The summed E-state index contributed by atoms with van der Waals surface area (Å²) in [5, 5.41) is 10.8. The summed E-state index contributed by atoms with van der Waals surface area (Å²) in [6.07, 6.45) is 0. The number of rotatable bonds is 5. The molecule has 19 heavy (non-hydrogen) atoms. The van der Waals surface area contributed by atoms with Crippen molar-refractivity contribution in [3.8, 4) is 0 Å². The standard InChI is InChI=1S/C9H8ClN3O4S2/c10-3-4-19(16,17)12-9-11-7-2-1-6(13(14)15)5-8(7)18-9/h1-2,5H,3-4H2,(H,11,12). The summed E-state index contributed by atoms with van der Waals surface area (Å²) in [7, 11) is -3.53. The van der Waals surface area contributed by atoms with Crippen LogP contribution in [0.4, 0.5) is 10.8 Å². The van der Waals surface area contributed by atoms with Crippen LogP contribution < -0.4 is 4.72 Å². The van der Waals surface area contributed by atoms with Gasteiger partial charge in [0.15, 0.2) is 5.13 Å². The first kappa shape index (κ1) is 14.0. The fourth-order valence-corrected chi connectivity index (χ4v) is 3.88. The van der Waals surface area contributed by atoms with E-state index in [1.165, 1.54) is 18.2 Å². The minimum atomic E-state index is -3.53. The monoisotopic (exact) mass is 321 g/mol. The lowest BCUT2D eigenvalue weighted by Gasteiger charge is -2.01. The number of fused-ring (bicyclic) bond motifs is 1. The molecule has 0 saturated carbocycles. The van der Waals surface area contributed by atoms with Crippen molar-refractivity contribution in [3.63, 3.8) is 0 Å². The Hall–Kier alpha value is -1.45. The highest BCUT2D eigenvalue weighted by atomic mass is 35.5. The van der Waals surface area contributed by atoms with Crippen LogP contribution in [0.3, 0.4) is 0 Å². The van der Waals surface area contributed by atoms with Gasteiger partial charge in [-0.3, -0.25) is 14.8 Å². The molecule has 1 aromatic carbocycles. The zero-order valence-electron chi connectivity index (χ0n) is 9.37. The van der Waals surface area contributed by atoms with Gasteiger partial charge in [0.05, 0.1) is 20.9 Å². The fourth-order valence-electron chi connectivity index (χ4n) is 1.36. The van der Waals surface area contributed by atoms with Crippen molar-refractivity contribution < 1.29 is 13.3 Å². The van der Waals surface area contributed by atoms with E-state index in [9.17, 15) is 18.5 Å². The molecule has 2 rings (SSSR count). The minimum Gasteiger partial charge on any atom is -0.259 e. The van der Waals surface area contributed by atoms with Gasteiger partial charge in [-0.1, -0.05) is 11.3 Å². The summed E-state index contributed by atoms with van der Waals surface area (Å²) in [4.78, 5) is 14.2. The van der Waals surface area contributed by atoms with Crippen molar-refractivity contribution in [2.75, 3.05) is 16.4 Å². The second-order valence-electron chi connectivity index (χ2n) is 3.54. The zero-order valence-corrected chi connectivity index (χ0v) is 11.8. The lowest BCUT2D eigenvalue weighted by atomic mass is 10.3. The summed E-state index contributed by atoms with van der Waals surface area (Å²) in [5.41, 5.74) is 0.436. The van der Waals surface area contributed by atoms with Gasteiger partial charge in [0.25, 0.3) is 5.69 Å². The van der Waals surface area contributed by atoms with E-state index in [-0.39, 0.29) is 22.5 Å². The van der Waals surface area contributed by atoms with Gasteiger partial charge in [-0.15, -0.1) is 11.6 Å². The van der Waals surface area contributed by atoms with Crippen molar-refractivity contribution >= 4 is 54.0 Å². The van der Waals surface area contributed by atoms with Crippen LogP contribution in [0, 0.1) is 10.1 Å². The first-order valence-electron chi connectivity index (χ1n) is 5.03. The van der Waals surface area contributed by atoms with Crippen LogP contribution in [0.2, 0.25) is 0 Å². The highest BCUT2D eigenvalue weighted by Crippen LogP contribution is 2.29. The molecule has 7 nitrogen and oxygen atoms in total. The molecule has 0 atom stereocenters. The number of hydrogen-bond donors (Lipinski definition) is 1. The van der Waals surface area contributed by atoms with Crippen LogP contribution in [-0.4, -0.2) is 30.0 Å². The summed E-state index contributed by atoms with van der Waals surface area (Å²) < 4.78 is 25.9. The molecule has 0 aliphatic rings. The maximum absolute atomic E-state index is 11.5. The van der Waals surface area contributed by atoms with Crippen LogP contribution in [0.25, 0.3) is 10.2 Å². The van der Waals surface area contributed by atoms with Crippen molar-refractivity contribution in [3.05, 3.63) is 28.3 Å². The highest BCUT2D eigenvalue weighted by molar-refractivity contribution is 7.92. The normalized spacial score (nSPS) is 11.6. The van der Waals surface area contributed by atoms with Gasteiger partial charge in [0, 0.05) is 18.0 Å². The van der Waals surface area contributed by atoms with E-state index < -0.39 is 14.9 Å². The fraction of sp³-hybridized carbons (Fsp3) is 0.222. The molecule has 2 aromatic rings. The number of hydrogen-bond acceptors (Lipinski definition) is 6. The Balaban J connectivity index is 2.34. The largest absolute Gasteiger partial charge is 0.270 e. The summed E-state index contributed by atoms with van der Waals surface area (Å²) >= 11 is 6.41. The molecule has 0 bridgehead atoms.